The molecule has 7 heavy (non-hydrogen) atoms. The smallest absolute Gasteiger partial charge is 0.191 e. The standard InChI is InChI=1S/C4H13BN2/c1-4(6)7(3)5-2/h5-6H2,1-3H3/b7-4+. The molecule has 0 aromatic heterocycles. The van der Waals surface area contributed by atoms with E-state index in [2.05, 4.69) is 11.3 Å². The second kappa shape index (κ2) is 2.67. The van der Waals surface area contributed by atoms with Gasteiger partial charge < -0.3 is 4.49 Å². The Kier molecular flexibility index (Phi) is 2.49. The Morgan fingerprint density at radius 3 is 2.14 bits per heavy atom. The monoisotopic (exact) mass is 100 g/mol. The number of amidine groups is 1. The Labute approximate surface area is 45.3 Å². The van der Waals surface area contributed by atoms with Crippen molar-refractivity contribution in [2.45, 2.75) is 13.7 Å². The van der Waals surface area contributed by atoms with E-state index >= 15 is 0 Å². The van der Waals surface area contributed by atoms with E-state index in [-0.39, 0.29) is 7.41 Å². The summed E-state index contributed by atoms with van der Waals surface area (Å²) in [4.78, 5) is 0. The number of hydrogen-bond acceptors (Lipinski definition) is 0. The van der Waals surface area contributed by atoms with Gasteiger partial charge in [0.25, 0.3) is 0 Å². The predicted octanol–water partition coefficient (Wildman–Crippen LogP) is -0.862. The average Bonchev–Trinajstić information content (AvgIpc) is 1.65. The minimum atomic E-state index is 0.0648. The lowest BCUT2D eigenvalue weighted by molar-refractivity contribution is -0.344. The topological polar surface area (TPSA) is 29.0 Å². The molecule has 0 saturated carbocycles. The summed E-state index contributed by atoms with van der Waals surface area (Å²) in [5.41, 5.74) is 5.42. The van der Waals surface area contributed by atoms with E-state index in [1.807, 2.05) is 14.0 Å². The van der Waals surface area contributed by atoms with Gasteiger partial charge in [-0.3, -0.25) is 5.73 Å². The van der Waals surface area contributed by atoms with Gasteiger partial charge in [0, 0.05) is 14.0 Å². The zero-order valence-corrected chi connectivity index (χ0v) is 5.52. The van der Waals surface area contributed by atoms with Crippen LogP contribution >= 0.6 is 0 Å². The summed E-state index contributed by atoms with van der Waals surface area (Å²) in [6, 6.07) is 0. The second-order valence-corrected chi connectivity index (χ2v) is 1.98. The fourth-order valence-corrected chi connectivity index (χ4v) is 0.353. The predicted molar refractivity (Wildman–Crippen MR) is 35.5 cm³/mol. The van der Waals surface area contributed by atoms with Crippen molar-refractivity contribution in [1.29, 1.82) is 0 Å². The molecule has 0 aliphatic carbocycles. The number of nitrogens with two attached hydrogens (primary N) is 1. The van der Waals surface area contributed by atoms with Gasteiger partial charge in [-0.2, -0.15) is 6.82 Å². The molecule has 2 N–H and O–H groups in total. The molecule has 0 aliphatic rings. The van der Waals surface area contributed by atoms with Crippen LogP contribution in [0.3, 0.4) is 0 Å². The van der Waals surface area contributed by atoms with Crippen LogP contribution in [0.2, 0.25) is 6.82 Å². The van der Waals surface area contributed by atoms with Gasteiger partial charge in [0.05, 0.1) is 0 Å². The highest BCUT2D eigenvalue weighted by molar-refractivity contribution is 6.24. The third-order valence-corrected chi connectivity index (χ3v) is 1.38. The Morgan fingerprint density at radius 2 is 2.14 bits per heavy atom. The van der Waals surface area contributed by atoms with Crippen LogP contribution in [0.15, 0.2) is 0 Å². The summed E-state index contributed by atoms with van der Waals surface area (Å²) in [7, 11) is 2.09. The van der Waals surface area contributed by atoms with Crippen LogP contribution in [0.1, 0.15) is 6.92 Å². The molecule has 0 fully saturated rings. The van der Waals surface area contributed by atoms with Crippen molar-refractivity contribution in [3.8, 4) is 0 Å². The molecule has 0 spiro atoms. The first-order chi connectivity index (χ1) is 3.18. The van der Waals surface area contributed by atoms with Crippen LogP contribution in [0.4, 0.5) is 0 Å². The maximum atomic E-state index is 5.42. The first-order valence-electron chi connectivity index (χ1n) is 2.91. The summed E-state index contributed by atoms with van der Waals surface area (Å²) < 4.78 is 2.11. The van der Waals surface area contributed by atoms with Crippen LogP contribution in [0.25, 0.3) is 0 Å². The highest BCUT2D eigenvalue weighted by atomic mass is 14.9. The minimum absolute atomic E-state index is 0.0648. The fourth-order valence-electron chi connectivity index (χ4n) is 0.353. The van der Waals surface area contributed by atoms with Crippen LogP contribution < -0.4 is 5.73 Å². The van der Waals surface area contributed by atoms with E-state index in [0.717, 1.165) is 5.84 Å². The van der Waals surface area contributed by atoms with E-state index in [1.54, 1.807) is 0 Å². The zero-order valence-electron chi connectivity index (χ0n) is 5.52. The third kappa shape index (κ3) is 2.26. The summed E-state index contributed by atoms with van der Waals surface area (Å²) in [6.45, 7) is 4.11. The van der Waals surface area contributed by atoms with Crippen molar-refractivity contribution in [2.24, 2.45) is 5.73 Å². The number of hydrogen-bond donors (Lipinski definition) is 1. The highest BCUT2D eigenvalue weighted by Gasteiger charge is 1.82. The molecule has 0 aromatic carbocycles. The van der Waals surface area contributed by atoms with E-state index in [0.29, 0.717) is 0 Å². The quantitative estimate of drug-likeness (QED) is 0.259. The van der Waals surface area contributed by atoms with Gasteiger partial charge in [0.2, 0.25) is 0 Å². The van der Waals surface area contributed by atoms with Crippen molar-refractivity contribution in [2.75, 3.05) is 7.05 Å². The van der Waals surface area contributed by atoms with Crippen molar-refractivity contribution in [3.05, 3.63) is 0 Å². The lowest BCUT2D eigenvalue weighted by Gasteiger charge is -2.01. The molecular formula is C4H13BN2. The Balaban J connectivity index is 3.72. The Bertz CT molecular complexity index is 83.7. The minimum Gasteiger partial charge on any atom is -0.470 e. The fraction of sp³-hybridized carbons (Fsp3) is 0.750. The van der Waals surface area contributed by atoms with Crippen molar-refractivity contribution in [3.63, 3.8) is 0 Å². The average molecular weight is 100.0 g/mol. The van der Waals surface area contributed by atoms with Crippen LogP contribution in [-0.4, -0.2) is 24.8 Å². The highest BCUT2D eigenvalue weighted by Crippen LogP contribution is 1.61. The molecule has 0 unspecified atom stereocenters. The molecule has 0 aromatic rings. The van der Waals surface area contributed by atoms with Crippen molar-refractivity contribution >= 4 is 13.3 Å². The van der Waals surface area contributed by atoms with Crippen LogP contribution in [-0.2, 0) is 0 Å². The van der Waals surface area contributed by atoms with Crippen LogP contribution in [0.5, 0.6) is 0 Å². The SMILES string of the molecule is C[BH2-]/[N+](C)=C(\C)N. The summed E-state index contributed by atoms with van der Waals surface area (Å²) in [5, 5.41) is 0. The molecule has 0 heterocycles. The molecule has 0 rings (SSSR count). The van der Waals surface area contributed by atoms with E-state index < -0.39 is 0 Å². The summed E-state index contributed by atoms with van der Waals surface area (Å²) in [6.07, 6.45) is 0. The first-order valence-corrected chi connectivity index (χ1v) is 2.91. The summed E-state index contributed by atoms with van der Waals surface area (Å²) in [5.74, 6) is 0.933. The molecule has 0 bridgehead atoms. The Hall–Kier alpha value is -0.465. The Morgan fingerprint density at radius 1 is 1.71 bits per heavy atom. The molecule has 0 aliphatic heterocycles. The molecule has 0 amide bonds. The lowest BCUT2D eigenvalue weighted by atomic mass is 10.00. The third-order valence-electron chi connectivity index (χ3n) is 1.38. The van der Waals surface area contributed by atoms with E-state index in [4.69, 9.17) is 5.73 Å². The van der Waals surface area contributed by atoms with Gasteiger partial charge in [0.1, 0.15) is 0 Å². The molecule has 0 radical (unpaired) electrons. The van der Waals surface area contributed by atoms with E-state index in [1.165, 1.54) is 0 Å². The van der Waals surface area contributed by atoms with Gasteiger partial charge >= 0.3 is 0 Å². The van der Waals surface area contributed by atoms with Gasteiger partial charge in [-0.1, -0.05) is 0 Å². The zero-order chi connectivity index (χ0) is 5.86. The van der Waals surface area contributed by atoms with E-state index in [9.17, 15) is 0 Å². The van der Waals surface area contributed by atoms with Crippen molar-refractivity contribution in [1.82, 2.24) is 0 Å². The normalized spacial score (nSPS) is 13.6. The molecule has 0 atom stereocenters. The van der Waals surface area contributed by atoms with Crippen molar-refractivity contribution < 1.29 is 4.49 Å². The number of nitrogens with zero attached hydrogens (tertiary/aromatic N) is 1. The van der Waals surface area contributed by atoms with Gasteiger partial charge in [-0.05, 0) is 0 Å². The van der Waals surface area contributed by atoms with Gasteiger partial charge in [0.15, 0.2) is 13.3 Å². The van der Waals surface area contributed by atoms with Gasteiger partial charge in [-0.15, -0.1) is 0 Å². The first kappa shape index (κ1) is 6.53. The largest absolute Gasteiger partial charge is 0.470 e. The maximum Gasteiger partial charge on any atom is 0.191 e. The summed E-state index contributed by atoms with van der Waals surface area (Å²) >= 11 is 0. The molecule has 42 valence electrons. The molecule has 3 heteroatoms. The molecule has 0 saturated heterocycles. The molecular weight excluding hydrogens is 86.9 g/mol. The maximum absolute atomic E-state index is 5.42. The second-order valence-electron chi connectivity index (χ2n) is 1.98. The van der Waals surface area contributed by atoms with Gasteiger partial charge in [-0.25, -0.2) is 0 Å². The molecule has 2 nitrogen and oxygen atoms in total. The number of rotatable bonds is 1. The lowest BCUT2D eigenvalue weighted by Crippen LogP contribution is -2.23. The van der Waals surface area contributed by atoms with Crippen LogP contribution in [0, 0.1) is 0 Å².